The van der Waals surface area contributed by atoms with Crippen molar-refractivity contribution in [3.8, 4) is 0 Å². The van der Waals surface area contributed by atoms with Crippen LogP contribution in [0.3, 0.4) is 0 Å². The summed E-state index contributed by atoms with van der Waals surface area (Å²) in [5.41, 5.74) is -0.299. The number of rotatable bonds is 5. The molecular formula is C21H16F4N4OS2. The van der Waals surface area contributed by atoms with Gasteiger partial charge in [0.1, 0.15) is 10.8 Å². The first kappa shape index (κ1) is 23.5. The number of benzene rings is 2. The van der Waals surface area contributed by atoms with E-state index >= 15 is 0 Å². The highest BCUT2D eigenvalue weighted by Crippen LogP contribution is 2.33. The Labute approximate surface area is 190 Å². The molecule has 0 saturated carbocycles. The zero-order valence-corrected chi connectivity index (χ0v) is 18.1. The number of anilines is 2. The Kier molecular flexibility index (Phi) is 7.31. The second kappa shape index (κ2) is 9.96. The zero-order chi connectivity index (χ0) is 23.3. The molecule has 11 heteroatoms. The molecule has 2 aromatic carbocycles. The summed E-state index contributed by atoms with van der Waals surface area (Å²) in [6.07, 6.45) is -3.32. The molecule has 0 unspecified atom stereocenters. The van der Waals surface area contributed by atoms with E-state index in [1.165, 1.54) is 24.0 Å². The number of pyridine rings is 1. The molecule has 0 aliphatic carbocycles. The van der Waals surface area contributed by atoms with Crippen LogP contribution in [-0.2, 0) is 6.18 Å². The number of alkyl halides is 3. The first-order valence-electron chi connectivity index (χ1n) is 9.06. The van der Waals surface area contributed by atoms with E-state index in [1.807, 2.05) is 12.1 Å². The molecule has 5 nitrogen and oxygen atoms in total. The van der Waals surface area contributed by atoms with Crippen molar-refractivity contribution in [3.63, 3.8) is 0 Å². The average Bonchev–Trinajstić information content (AvgIpc) is 2.75. The van der Waals surface area contributed by atoms with Gasteiger partial charge in [-0.2, -0.15) is 13.2 Å². The Morgan fingerprint density at radius 3 is 2.25 bits per heavy atom. The highest BCUT2D eigenvalue weighted by Gasteiger charge is 2.34. The van der Waals surface area contributed by atoms with E-state index in [9.17, 15) is 22.4 Å². The predicted molar refractivity (Wildman–Crippen MR) is 119 cm³/mol. The maximum Gasteiger partial charge on any atom is 0.419 e. The fourth-order valence-electron chi connectivity index (χ4n) is 2.56. The van der Waals surface area contributed by atoms with Crippen molar-refractivity contribution in [2.45, 2.75) is 16.1 Å². The molecule has 0 fully saturated rings. The Morgan fingerprint density at radius 1 is 1.00 bits per heavy atom. The van der Waals surface area contributed by atoms with Gasteiger partial charge in [0.25, 0.3) is 5.91 Å². The van der Waals surface area contributed by atoms with Crippen molar-refractivity contribution < 1.29 is 22.4 Å². The minimum atomic E-state index is -4.80. The van der Waals surface area contributed by atoms with Crippen LogP contribution in [0.2, 0.25) is 0 Å². The molecule has 0 atom stereocenters. The number of aromatic nitrogens is 1. The third kappa shape index (κ3) is 6.17. The van der Waals surface area contributed by atoms with Crippen LogP contribution in [0.4, 0.5) is 28.9 Å². The van der Waals surface area contributed by atoms with Crippen LogP contribution in [0.1, 0.15) is 15.9 Å². The van der Waals surface area contributed by atoms with Gasteiger partial charge in [-0.25, -0.2) is 9.37 Å². The minimum absolute atomic E-state index is 0.00896. The second-order valence-electron chi connectivity index (χ2n) is 6.36. The summed E-state index contributed by atoms with van der Waals surface area (Å²) in [5, 5.41) is 8.74. The number of nitrogens with one attached hydrogen (secondary N) is 3. The van der Waals surface area contributed by atoms with Gasteiger partial charge in [0.15, 0.2) is 5.11 Å². The van der Waals surface area contributed by atoms with Crippen molar-refractivity contribution in [1.82, 2.24) is 10.3 Å². The molecule has 3 N–H and O–H groups in total. The van der Waals surface area contributed by atoms with Gasteiger partial charge in [-0.3, -0.25) is 4.79 Å². The van der Waals surface area contributed by atoms with Crippen LogP contribution in [0.25, 0.3) is 0 Å². The average molecular weight is 481 g/mol. The van der Waals surface area contributed by atoms with Crippen LogP contribution in [0.5, 0.6) is 0 Å². The van der Waals surface area contributed by atoms with E-state index in [0.29, 0.717) is 22.3 Å². The lowest BCUT2D eigenvalue weighted by Gasteiger charge is -2.13. The molecule has 0 aliphatic rings. The number of hydrogen-bond donors (Lipinski definition) is 3. The Balaban J connectivity index is 1.60. The summed E-state index contributed by atoms with van der Waals surface area (Å²) in [6, 6.07) is 13.1. The molecule has 0 aliphatic heterocycles. The Morgan fingerprint density at radius 2 is 1.66 bits per heavy atom. The van der Waals surface area contributed by atoms with E-state index in [0.717, 1.165) is 11.0 Å². The SMILES string of the molecule is CNC(=O)c1ccc(Sc2ccc(NC(=S)Nc3ccc(F)c(C(F)(F)F)c3)cc2)nc1. The highest BCUT2D eigenvalue weighted by atomic mass is 32.2. The summed E-state index contributed by atoms with van der Waals surface area (Å²) in [7, 11) is 1.54. The summed E-state index contributed by atoms with van der Waals surface area (Å²) in [4.78, 5) is 16.7. The van der Waals surface area contributed by atoms with Crippen molar-refractivity contribution in [2.24, 2.45) is 0 Å². The van der Waals surface area contributed by atoms with Crippen LogP contribution in [0.15, 0.2) is 70.7 Å². The molecule has 0 spiro atoms. The Hall–Kier alpha value is -3.18. The van der Waals surface area contributed by atoms with Crippen LogP contribution in [0, 0.1) is 5.82 Å². The molecule has 3 aromatic rings. The number of carbonyl (C=O) groups excluding carboxylic acids is 1. The number of thiocarbonyl (C=S) groups is 1. The lowest BCUT2D eigenvalue weighted by molar-refractivity contribution is -0.139. The molecule has 1 heterocycles. The fourth-order valence-corrected chi connectivity index (χ4v) is 3.55. The van der Waals surface area contributed by atoms with E-state index in [1.54, 1.807) is 31.3 Å². The molecule has 3 rings (SSSR count). The van der Waals surface area contributed by atoms with Gasteiger partial charge in [0.2, 0.25) is 0 Å². The third-order valence-electron chi connectivity index (χ3n) is 4.09. The molecular weight excluding hydrogens is 464 g/mol. The predicted octanol–water partition coefficient (Wildman–Crippen LogP) is 5.56. The van der Waals surface area contributed by atoms with Crippen molar-refractivity contribution >= 4 is 46.4 Å². The van der Waals surface area contributed by atoms with Gasteiger partial charge in [0.05, 0.1) is 11.1 Å². The monoisotopic (exact) mass is 480 g/mol. The quantitative estimate of drug-likeness (QED) is 0.328. The van der Waals surface area contributed by atoms with E-state index < -0.39 is 17.6 Å². The maximum atomic E-state index is 13.4. The highest BCUT2D eigenvalue weighted by molar-refractivity contribution is 7.99. The standard InChI is InChI=1S/C21H16F4N4OS2/c1-26-19(30)12-2-9-18(27-11-12)32-15-6-3-13(4-7-15)28-20(31)29-14-5-8-17(22)16(10-14)21(23,24)25/h2-11H,1H3,(H,26,30)(H2,28,29,31). The molecule has 0 bridgehead atoms. The number of hydrogen-bond acceptors (Lipinski definition) is 4. The van der Waals surface area contributed by atoms with Crippen molar-refractivity contribution in [3.05, 3.63) is 77.7 Å². The summed E-state index contributed by atoms with van der Waals surface area (Å²) in [6.45, 7) is 0. The largest absolute Gasteiger partial charge is 0.419 e. The van der Waals surface area contributed by atoms with Gasteiger partial charge in [-0.05, 0) is 66.8 Å². The van der Waals surface area contributed by atoms with E-state index in [-0.39, 0.29) is 16.7 Å². The maximum absolute atomic E-state index is 13.4. The topological polar surface area (TPSA) is 66.1 Å². The molecule has 1 amide bonds. The molecule has 166 valence electrons. The van der Waals surface area contributed by atoms with Gasteiger partial charge < -0.3 is 16.0 Å². The summed E-state index contributed by atoms with van der Waals surface area (Å²) in [5.74, 6) is -1.57. The molecule has 1 aromatic heterocycles. The number of halogens is 4. The zero-order valence-electron chi connectivity index (χ0n) is 16.5. The lowest BCUT2D eigenvalue weighted by Crippen LogP contribution is -2.19. The number of carbonyl (C=O) groups is 1. The molecule has 0 saturated heterocycles. The number of amides is 1. The van der Waals surface area contributed by atoms with Crippen LogP contribution < -0.4 is 16.0 Å². The van der Waals surface area contributed by atoms with Crippen molar-refractivity contribution in [1.29, 1.82) is 0 Å². The summed E-state index contributed by atoms with van der Waals surface area (Å²) >= 11 is 6.51. The van der Waals surface area contributed by atoms with Gasteiger partial charge >= 0.3 is 6.18 Å². The second-order valence-corrected chi connectivity index (χ2v) is 7.86. The number of nitrogens with zero attached hydrogens (tertiary/aromatic N) is 1. The molecule has 0 radical (unpaired) electrons. The summed E-state index contributed by atoms with van der Waals surface area (Å²) < 4.78 is 51.9. The molecule has 32 heavy (non-hydrogen) atoms. The Bertz CT molecular complexity index is 1120. The van der Waals surface area contributed by atoms with Crippen LogP contribution >= 0.6 is 24.0 Å². The van der Waals surface area contributed by atoms with E-state index in [2.05, 4.69) is 20.9 Å². The fraction of sp³-hybridized carbons (Fsp3) is 0.0952. The third-order valence-corrected chi connectivity index (χ3v) is 5.25. The van der Waals surface area contributed by atoms with E-state index in [4.69, 9.17) is 12.2 Å². The first-order chi connectivity index (χ1) is 15.2. The van der Waals surface area contributed by atoms with Gasteiger partial charge in [-0.1, -0.05) is 11.8 Å². The minimum Gasteiger partial charge on any atom is -0.355 e. The lowest BCUT2D eigenvalue weighted by atomic mass is 10.2. The first-order valence-corrected chi connectivity index (χ1v) is 10.3. The van der Waals surface area contributed by atoms with Crippen LogP contribution in [-0.4, -0.2) is 23.1 Å². The van der Waals surface area contributed by atoms with Crippen molar-refractivity contribution in [2.75, 3.05) is 17.7 Å². The normalized spacial score (nSPS) is 11.0. The smallest absolute Gasteiger partial charge is 0.355 e. The van der Waals surface area contributed by atoms with Gasteiger partial charge in [-0.15, -0.1) is 0 Å². The van der Waals surface area contributed by atoms with Gasteiger partial charge in [0, 0.05) is 29.5 Å².